The molecular formula is C55H34O. The number of furan rings is 1. The van der Waals surface area contributed by atoms with E-state index in [0.29, 0.717) is 0 Å². The molecule has 0 fully saturated rings. The van der Waals surface area contributed by atoms with Crippen molar-refractivity contribution in [1.29, 1.82) is 0 Å². The van der Waals surface area contributed by atoms with Crippen LogP contribution < -0.4 is 0 Å². The van der Waals surface area contributed by atoms with E-state index in [2.05, 4.69) is 206 Å². The minimum atomic E-state index is -0.543. The minimum Gasteiger partial charge on any atom is -0.455 e. The second kappa shape index (κ2) is 11.9. The zero-order chi connectivity index (χ0) is 36.8. The van der Waals surface area contributed by atoms with E-state index in [0.717, 1.165) is 27.3 Å². The average Bonchev–Trinajstić information content (AvgIpc) is 3.79. The van der Waals surface area contributed by atoms with E-state index < -0.39 is 5.41 Å². The lowest BCUT2D eigenvalue weighted by molar-refractivity contribution is 0.673. The summed E-state index contributed by atoms with van der Waals surface area (Å²) in [5.41, 5.74) is 13.8. The molecule has 0 amide bonds. The van der Waals surface area contributed by atoms with Crippen LogP contribution in [0, 0.1) is 0 Å². The van der Waals surface area contributed by atoms with Gasteiger partial charge in [0, 0.05) is 16.2 Å². The van der Waals surface area contributed by atoms with E-state index in [1.54, 1.807) is 0 Å². The molecule has 10 aromatic carbocycles. The van der Waals surface area contributed by atoms with Crippen LogP contribution in [0.25, 0.3) is 87.6 Å². The van der Waals surface area contributed by atoms with Gasteiger partial charge in [0.25, 0.3) is 0 Å². The molecular weight excluding hydrogens is 677 g/mol. The monoisotopic (exact) mass is 710 g/mol. The third-order valence-electron chi connectivity index (χ3n) is 12.3. The Morgan fingerprint density at radius 3 is 1.77 bits per heavy atom. The van der Waals surface area contributed by atoms with Crippen LogP contribution in [-0.4, -0.2) is 0 Å². The molecule has 1 aliphatic carbocycles. The van der Waals surface area contributed by atoms with Crippen LogP contribution in [0.2, 0.25) is 0 Å². The highest BCUT2D eigenvalue weighted by Gasteiger charge is 2.46. The summed E-state index contributed by atoms with van der Waals surface area (Å²) in [7, 11) is 0. The van der Waals surface area contributed by atoms with Gasteiger partial charge in [-0.3, -0.25) is 0 Å². The van der Waals surface area contributed by atoms with Gasteiger partial charge in [0.05, 0.1) is 5.41 Å². The second-order valence-electron chi connectivity index (χ2n) is 15.2. The van der Waals surface area contributed by atoms with Gasteiger partial charge < -0.3 is 4.42 Å². The molecule has 0 aliphatic heterocycles. The number of benzene rings is 10. The highest BCUT2D eigenvalue weighted by Crippen LogP contribution is 2.58. The third kappa shape index (κ3) is 4.37. The first-order valence-electron chi connectivity index (χ1n) is 19.4. The van der Waals surface area contributed by atoms with Crippen molar-refractivity contribution in [3.63, 3.8) is 0 Å². The zero-order valence-electron chi connectivity index (χ0n) is 30.5. The van der Waals surface area contributed by atoms with Gasteiger partial charge in [0.2, 0.25) is 0 Å². The Bertz CT molecular complexity index is 3310. The summed E-state index contributed by atoms with van der Waals surface area (Å²) in [6.07, 6.45) is 0. The molecule has 0 saturated heterocycles. The molecule has 11 aromatic rings. The number of hydrogen-bond acceptors (Lipinski definition) is 1. The Hall–Kier alpha value is -7.22. The second-order valence-corrected chi connectivity index (χ2v) is 15.2. The molecule has 1 heterocycles. The van der Waals surface area contributed by atoms with E-state index in [1.165, 1.54) is 82.6 Å². The number of rotatable bonds is 4. The van der Waals surface area contributed by atoms with E-state index in [4.69, 9.17) is 4.42 Å². The molecule has 0 atom stereocenters. The average molecular weight is 711 g/mol. The van der Waals surface area contributed by atoms with E-state index in [-0.39, 0.29) is 0 Å². The summed E-state index contributed by atoms with van der Waals surface area (Å²) in [6.45, 7) is 0. The Morgan fingerprint density at radius 1 is 0.321 bits per heavy atom. The summed E-state index contributed by atoms with van der Waals surface area (Å²) in [6, 6.07) is 76.0. The molecule has 0 saturated carbocycles. The van der Waals surface area contributed by atoms with Crippen LogP contribution in [0.1, 0.15) is 22.3 Å². The van der Waals surface area contributed by atoms with Gasteiger partial charge in [-0.05, 0) is 119 Å². The Labute approximate surface area is 324 Å². The fourth-order valence-electron chi connectivity index (χ4n) is 9.83. The summed E-state index contributed by atoms with van der Waals surface area (Å²) in [4.78, 5) is 0. The first kappa shape index (κ1) is 31.2. The molecule has 1 aliphatic rings. The highest BCUT2D eigenvalue weighted by atomic mass is 16.3. The van der Waals surface area contributed by atoms with Gasteiger partial charge in [-0.25, -0.2) is 0 Å². The molecule has 56 heavy (non-hydrogen) atoms. The van der Waals surface area contributed by atoms with Crippen molar-refractivity contribution in [1.82, 2.24) is 0 Å². The molecule has 0 radical (unpaired) electrons. The highest BCUT2D eigenvalue weighted by molar-refractivity contribution is 6.19. The maximum Gasteiger partial charge on any atom is 0.143 e. The lowest BCUT2D eigenvalue weighted by atomic mass is 9.67. The number of fused-ring (bicyclic) bond motifs is 10. The molecule has 0 N–H and O–H groups in total. The molecule has 0 spiro atoms. The van der Waals surface area contributed by atoms with Gasteiger partial charge in [-0.1, -0.05) is 170 Å². The lowest BCUT2D eigenvalue weighted by Crippen LogP contribution is -2.28. The van der Waals surface area contributed by atoms with Crippen molar-refractivity contribution in [2.24, 2.45) is 0 Å². The van der Waals surface area contributed by atoms with Crippen molar-refractivity contribution in [2.75, 3.05) is 0 Å². The Balaban J connectivity index is 1.15. The summed E-state index contributed by atoms with van der Waals surface area (Å²) in [5, 5.41) is 9.62. The Morgan fingerprint density at radius 2 is 0.946 bits per heavy atom. The lowest BCUT2D eigenvalue weighted by Gasteiger charge is -2.34. The predicted octanol–water partition coefficient (Wildman–Crippen LogP) is 14.7. The first-order chi connectivity index (χ1) is 27.8. The fraction of sp³-hybridized carbons (Fsp3) is 0.0182. The van der Waals surface area contributed by atoms with Crippen LogP contribution >= 0.6 is 0 Å². The van der Waals surface area contributed by atoms with Crippen LogP contribution in [-0.2, 0) is 5.41 Å². The van der Waals surface area contributed by atoms with E-state index in [1.807, 2.05) is 0 Å². The fourth-order valence-corrected chi connectivity index (χ4v) is 9.83. The minimum absolute atomic E-state index is 0.543. The van der Waals surface area contributed by atoms with Crippen LogP contribution in [0.4, 0.5) is 0 Å². The standard InChI is InChI=1S/C55H34O/c1-3-17-41(18-4-1)55(42-19-5-2-6-20-42)50-33-40(44-23-12-24-52-53(44)47-30-27-36-14-9-10-21-45(36)54(47)56-52)28-29-46(50)49-34-48-38(32-51(49)55)16-11-22-43(48)39-26-25-35-13-7-8-15-37(35)31-39/h1-34H. The quantitative estimate of drug-likeness (QED) is 0.177. The van der Waals surface area contributed by atoms with E-state index >= 15 is 0 Å². The molecule has 1 heteroatoms. The smallest absolute Gasteiger partial charge is 0.143 e. The maximum absolute atomic E-state index is 6.67. The van der Waals surface area contributed by atoms with Crippen LogP contribution in [0.3, 0.4) is 0 Å². The number of hydrogen-bond donors (Lipinski definition) is 0. The van der Waals surface area contributed by atoms with Gasteiger partial charge in [0.1, 0.15) is 11.2 Å². The predicted molar refractivity (Wildman–Crippen MR) is 234 cm³/mol. The molecule has 260 valence electrons. The van der Waals surface area contributed by atoms with Crippen molar-refractivity contribution in [3.8, 4) is 33.4 Å². The van der Waals surface area contributed by atoms with Gasteiger partial charge in [0.15, 0.2) is 0 Å². The topological polar surface area (TPSA) is 13.1 Å². The SMILES string of the molecule is c1ccc(C2(c3ccccc3)c3cc(-c4cccc5oc6c7ccccc7ccc6c45)ccc3-c3cc4c(-c5ccc6ccccc6c5)cccc4cc32)cc1. The summed E-state index contributed by atoms with van der Waals surface area (Å²) < 4.78 is 6.67. The zero-order valence-corrected chi connectivity index (χ0v) is 30.5. The normalized spacial score (nSPS) is 13.1. The molecule has 1 aromatic heterocycles. The Kier molecular flexibility index (Phi) is 6.62. The van der Waals surface area contributed by atoms with Crippen LogP contribution in [0.15, 0.2) is 211 Å². The van der Waals surface area contributed by atoms with Crippen molar-refractivity contribution >= 4 is 54.3 Å². The van der Waals surface area contributed by atoms with Crippen LogP contribution in [0.5, 0.6) is 0 Å². The molecule has 0 unspecified atom stereocenters. The largest absolute Gasteiger partial charge is 0.455 e. The van der Waals surface area contributed by atoms with Crippen molar-refractivity contribution < 1.29 is 4.42 Å². The van der Waals surface area contributed by atoms with Gasteiger partial charge in [-0.15, -0.1) is 0 Å². The molecule has 0 bridgehead atoms. The third-order valence-corrected chi connectivity index (χ3v) is 12.3. The first-order valence-corrected chi connectivity index (χ1v) is 19.4. The molecule has 12 rings (SSSR count). The molecule has 1 nitrogen and oxygen atoms in total. The van der Waals surface area contributed by atoms with Crippen molar-refractivity contribution in [3.05, 3.63) is 229 Å². The van der Waals surface area contributed by atoms with Gasteiger partial charge in [-0.2, -0.15) is 0 Å². The summed E-state index contributed by atoms with van der Waals surface area (Å²) in [5.74, 6) is 0. The van der Waals surface area contributed by atoms with Crippen molar-refractivity contribution in [2.45, 2.75) is 5.41 Å². The van der Waals surface area contributed by atoms with Gasteiger partial charge >= 0.3 is 0 Å². The maximum atomic E-state index is 6.67. The summed E-state index contributed by atoms with van der Waals surface area (Å²) >= 11 is 0. The van der Waals surface area contributed by atoms with E-state index in [9.17, 15) is 0 Å².